The summed E-state index contributed by atoms with van der Waals surface area (Å²) < 4.78 is 9.85. The topological polar surface area (TPSA) is 144 Å². The lowest BCUT2D eigenvalue weighted by molar-refractivity contribution is -0.116. The molecule has 4 N–H and O–H groups in total. The van der Waals surface area contributed by atoms with E-state index in [4.69, 9.17) is 10.1 Å². The molecule has 0 saturated carbocycles. The smallest absolute Gasteiger partial charge is 0.258 e. The SMILES string of the molecule is CC(=O)Cc1nc(C)cc2c1CCN2C(=O)c1cccc(Nc2snc(O)c2C(=N)NCCN2CC(C)OC(C)C2)c1. The number of nitrogens with one attached hydrogen (secondary N) is 3. The first-order valence-electron chi connectivity index (χ1n) is 14.2. The van der Waals surface area contributed by atoms with E-state index < -0.39 is 0 Å². The molecular weight excluding hydrogens is 554 g/mol. The number of hydrogen-bond donors (Lipinski definition) is 4. The summed E-state index contributed by atoms with van der Waals surface area (Å²) in [5.74, 6) is -0.258. The van der Waals surface area contributed by atoms with Crippen LogP contribution in [0.1, 0.15) is 53.6 Å². The summed E-state index contributed by atoms with van der Waals surface area (Å²) in [5.41, 5.74) is 4.68. The van der Waals surface area contributed by atoms with Crippen molar-refractivity contribution in [1.82, 2.24) is 19.6 Å². The summed E-state index contributed by atoms with van der Waals surface area (Å²) in [6, 6.07) is 9.03. The molecule has 0 radical (unpaired) electrons. The Kier molecular flexibility index (Phi) is 8.85. The number of ketones is 1. The molecule has 4 heterocycles. The van der Waals surface area contributed by atoms with Crippen LogP contribution in [0.3, 0.4) is 0 Å². The third-order valence-electron chi connectivity index (χ3n) is 7.37. The molecule has 12 heteroatoms. The van der Waals surface area contributed by atoms with Crippen LogP contribution in [0.15, 0.2) is 30.3 Å². The van der Waals surface area contributed by atoms with Gasteiger partial charge >= 0.3 is 0 Å². The number of rotatable bonds is 9. The minimum atomic E-state index is -0.222. The van der Waals surface area contributed by atoms with E-state index in [2.05, 4.69) is 38.7 Å². The van der Waals surface area contributed by atoms with Crippen molar-refractivity contribution in [1.29, 1.82) is 5.41 Å². The molecule has 11 nitrogen and oxygen atoms in total. The molecule has 2 aliphatic rings. The highest BCUT2D eigenvalue weighted by atomic mass is 32.1. The molecule has 1 fully saturated rings. The Hall–Kier alpha value is -3.87. The number of amidine groups is 1. The van der Waals surface area contributed by atoms with Crippen molar-refractivity contribution in [2.75, 3.05) is 42.9 Å². The summed E-state index contributed by atoms with van der Waals surface area (Å²) >= 11 is 1.05. The number of aromatic nitrogens is 2. The van der Waals surface area contributed by atoms with Gasteiger partial charge in [0.1, 0.15) is 22.2 Å². The average molecular weight is 592 g/mol. The van der Waals surface area contributed by atoms with Gasteiger partial charge in [0, 0.05) is 56.1 Å². The lowest BCUT2D eigenvalue weighted by atomic mass is 10.1. The molecule has 3 aromatic rings. The Morgan fingerprint density at radius 2 is 1.98 bits per heavy atom. The van der Waals surface area contributed by atoms with E-state index in [9.17, 15) is 14.7 Å². The lowest BCUT2D eigenvalue weighted by Crippen LogP contribution is -2.47. The summed E-state index contributed by atoms with van der Waals surface area (Å²) in [5, 5.41) is 25.9. The fraction of sp³-hybridized carbons (Fsp3) is 0.433. The van der Waals surface area contributed by atoms with Gasteiger partial charge < -0.3 is 25.4 Å². The van der Waals surface area contributed by atoms with Gasteiger partial charge in [0.05, 0.1) is 23.6 Å². The highest BCUT2D eigenvalue weighted by Gasteiger charge is 2.29. The molecular formula is C30H37N7O4S. The van der Waals surface area contributed by atoms with Gasteiger partial charge in [-0.05, 0) is 75.5 Å². The Bertz CT molecular complexity index is 1500. The number of hydrogen-bond acceptors (Lipinski definition) is 10. The van der Waals surface area contributed by atoms with Crippen molar-refractivity contribution in [2.24, 2.45) is 0 Å². The molecule has 0 aliphatic carbocycles. The Labute approximate surface area is 249 Å². The first kappa shape index (κ1) is 29.6. The van der Waals surface area contributed by atoms with Gasteiger partial charge in [-0.3, -0.25) is 24.9 Å². The molecule has 2 atom stereocenters. The number of anilines is 3. The second-order valence-corrected chi connectivity index (χ2v) is 11.8. The standard InChI is InChI=1S/C30H37N7O4S/c1-17-12-25-23(24(33-17)13-18(2)38)8-10-37(25)30(40)21-6-5-7-22(14-21)34-29-26(28(39)35-42-29)27(31)32-9-11-36-15-19(3)41-20(4)16-36/h5-7,12,14,19-20,34H,8-11,13,15-16H2,1-4H3,(H2,31,32)(H,35,39). The number of carbonyl (C=O) groups excluding carboxylic acids is 2. The van der Waals surface area contributed by atoms with Gasteiger partial charge in [0.2, 0.25) is 5.88 Å². The van der Waals surface area contributed by atoms with Crippen LogP contribution in [-0.2, 0) is 22.4 Å². The fourth-order valence-electron chi connectivity index (χ4n) is 5.70. The number of Topliss-reactive ketones (excluding diaryl/α,β-unsaturated/α-hetero) is 1. The van der Waals surface area contributed by atoms with Crippen LogP contribution in [-0.4, -0.2) is 81.8 Å². The predicted octanol–water partition coefficient (Wildman–Crippen LogP) is 3.65. The first-order chi connectivity index (χ1) is 20.1. The summed E-state index contributed by atoms with van der Waals surface area (Å²) in [6.45, 7) is 11.0. The van der Waals surface area contributed by atoms with Crippen molar-refractivity contribution in [3.8, 4) is 5.88 Å². The molecule has 42 heavy (non-hydrogen) atoms. The van der Waals surface area contributed by atoms with Gasteiger partial charge in [0.15, 0.2) is 0 Å². The van der Waals surface area contributed by atoms with E-state index >= 15 is 0 Å². The maximum atomic E-state index is 13.6. The molecule has 1 amide bonds. The van der Waals surface area contributed by atoms with E-state index in [1.807, 2.05) is 19.1 Å². The van der Waals surface area contributed by atoms with Crippen LogP contribution < -0.4 is 15.5 Å². The van der Waals surface area contributed by atoms with E-state index in [0.29, 0.717) is 35.8 Å². The zero-order valence-corrected chi connectivity index (χ0v) is 25.2. The summed E-state index contributed by atoms with van der Waals surface area (Å²) in [7, 11) is 0. The minimum absolute atomic E-state index is 0.0389. The first-order valence-corrected chi connectivity index (χ1v) is 14.9. The molecule has 2 aliphatic heterocycles. The molecule has 5 rings (SSSR count). The fourth-order valence-corrected chi connectivity index (χ4v) is 6.42. The predicted molar refractivity (Wildman–Crippen MR) is 164 cm³/mol. The largest absolute Gasteiger partial charge is 0.492 e. The van der Waals surface area contributed by atoms with Crippen molar-refractivity contribution < 1.29 is 19.4 Å². The number of carbonyl (C=O) groups is 2. The Morgan fingerprint density at radius 3 is 2.71 bits per heavy atom. The van der Waals surface area contributed by atoms with Crippen LogP contribution >= 0.6 is 11.5 Å². The van der Waals surface area contributed by atoms with Crippen LogP contribution in [0.5, 0.6) is 5.88 Å². The summed E-state index contributed by atoms with van der Waals surface area (Å²) in [6.07, 6.45) is 1.24. The van der Waals surface area contributed by atoms with Crippen LogP contribution in [0.25, 0.3) is 0 Å². The number of fused-ring (bicyclic) bond motifs is 1. The van der Waals surface area contributed by atoms with E-state index in [1.54, 1.807) is 30.0 Å². The zero-order chi connectivity index (χ0) is 30.0. The number of nitrogens with zero attached hydrogens (tertiary/aromatic N) is 4. The number of aryl methyl sites for hydroxylation is 1. The third-order valence-corrected chi connectivity index (χ3v) is 8.12. The molecule has 2 aromatic heterocycles. The van der Waals surface area contributed by atoms with E-state index in [0.717, 1.165) is 53.8 Å². The number of morpholine rings is 1. The monoisotopic (exact) mass is 591 g/mol. The molecule has 2 unspecified atom stereocenters. The van der Waals surface area contributed by atoms with Crippen LogP contribution in [0, 0.1) is 12.3 Å². The number of amides is 1. The minimum Gasteiger partial charge on any atom is -0.492 e. The normalized spacial score (nSPS) is 18.5. The molecule has 222 valence electrons. The highest BCUT2D eigenvalue weighted by molar-refractivity contribution is 7.11. The number of benzene rings is 1. The van der Waals surface area contributed by atoms with Crippen molar-refractivity contribution >= 4 is 45.4 Å². The number of pyridine rings is 1. The second-order valence-electron chi connectivity index (χ2n) is 11.0. The van der Waals surface area contributed by atoms with Gasteiger partial charge in [0.25, 0.3) is 5.91 Å². The maximum Gasteiger partial charge on any atom is 0.258 e. The van der Waals surface area contributed by atoms with Crippen LogP contribution in [0.4, 0.5) is 16.4 Å². The third kappa shape index (κ3) is 6.61. The quantitative estimate of drug-likeness (QED) is 0.217. The molecule has 1 saturated heterocycles. The van der Waals surface area contributed by atoms with Crippen molar-refractivity contribution in [3.05, 3.63) is 58.4 Å². The van der Waals surface area contributed by atoms with E-state index in [1.165, 1.54) is 0 Å². The van der Waals surface area contributed by atoms with Crippen molar-refractivity contribution in [2.45, 2.75) is 52.7 Å². The Morgan fingerprint density at radius 1 is 1.21 bits per heavy atom. The maximum absolute atomic E-state index is 13.6. The van der Waals surface area contributed by atoms with Gasteiger partial charge in [-0.15, -0.1) is 0 Å². The molecule has 0 spiro atoms. The van der Waals surface area contributed by atoms with E-state index in [-0.39, 0.29) is 47.6 Å². The van der Waals surface area contributed by atoms with Gasteiger partial charge in [-0.2, -0.15) is 4.37 Å². The lowest BCUT2D eigenvalue weighted by Gasteiger charge is -2.35. The number of aromatic hydroxyl groups is 1. The zero-order valence-electron chi connectivity index (χ0n) is 24.4. The highest BCUT2D eigenvalue weighted by Crippen LogP contribution is 2.34. The van der Waals surface area contributed by atoms with Crippen molar-refractivity contribution in [3.63, 3.8) is 0 Å². The molecule has 1 aromatic carbocycles. The second kappa shape index (κ2) is 12.6. The van der Waals surface area contributed by atoms with Gasteiger partial charge in [-0.1, -0.05) is 6.07 Å². The number of ether oxygens (including phenoxy) is 1. The van der Waals surface area contributed by atoms with Gasteiger partial charge in [-0.25, -0.2) is 0 Å². The summed E-state index contributed by atoms with van der Waals surface area (Å²) in [4.78, 5) is 34.0. The molecule has 0 bridgehead atoms. The van der Waals surface area contributed by atoms with Crippen LogP contribution in [0.2, 0.25) is 0 Å². The Balaban J connectivity index is 1.27. The average Bonchev–Trinajstić information content (AvgIpc) is 3.50.